The van der Waals surface area contributed by atoms with Gasteiger partial charge in [0.25, 0.3) is 0 Å². The van der Waals surface area contributed by atoms with Crippen LogP contribution in [0.25, 0.3) is 0 Å². The van der Waals surface area contributed by atoms with Gasteiger partial charge >= 0.3 is 0 Å². The largest absolute Gasteiger partial charge is 0.375 e. The summed E-state index contributed by atoms with van der Waals surface area (Å²) in [5.41, 5.74) is 0. The molecule has 1 saturated carbocycles. The molecule has 3 fully saturated rings. The van der Waals surface area contributed by atoms with Crippen LogP contribution in [0.15, 0.2) is 0 Å². The smallest absolute Gasteiger partial charge is 0.0614 e. The summed E-state index contributed by atoms with van der Waals surface area (Å²) in [6, 6.07) is 0. The van der Waals surface area contributed by atoms with Gasteiger partial charge in [0.05, 0.1) is 12.2 Å². The van der Waals surface area contributed by atoms with Crippen molar-refractivity contribution in [1.29, 1.82) is 0 Å². The fraction of sp³-hybridized carbons (Fsp3) is 0.917. The normalized spacial score (nSPS) is 45.7. The van der Waals surface area contributed by atoms with E-state index in [1.54, 1.807) is 0 Å². The highest BCUT2D eigenvalue weighted by molar-refractivity contribution is 5.07. The quantitative estimate of drug-likeness (QED) is 0.601. The maximum Gasteiger partial charge on any atom is 0.0614 e. The lowest BCUT2D eigenvalue weighted by molar-refractivity contribution is 0.0923. The second kappa shape index (κ2) is 3.27. The molecule has 13 heavy (non-hydrogen) atoms. The summed E-state index contributed by atoms with van der Waals surface area (Å²) in [7, 11) is 0. The maximum absolute atomic E-state index is 5.92. The first-order valence-corrected chi connectivity index (χ1v) is 5.93. The van der Waals surface area contributed by atoms with Gasteiger partial charge in [0.2, 0.25) is 0 Å². The molecule has 3 unspecified atom stereocenters. The van der Waals surface area contributed by atoms with Gasteiger partial charge in [-0.25, -0.2) is 0 Å². The molecule has 0 aromatic heterocycles. The minimum absolute atomic E-state index is 0.637. The standard InChI is InChI=1S/C12H19O/c1-2-4-9(5-3-1)11-8-10-6-7-12(11)13-10/h10-12H,1-8H2. The fourth-order valence-electron chi connectivity index (χ4n) is 3.44. The van der Waals surface area contributed by atoms with Gasteiger partial charge < -0.3 is 4.74 Å². The molecule has 1 nitrogen and oxygen atoms in total. The van der Waals surface area contributed by atoms with Crippen LogP contribution in [0.1, 0.15) is 51.4 Å². The van der Waals surface area contributed by atoms with E-state index in [0.717, 1.165) is 5.92 Å². The average molecular weight is 179 g/mol. The van der Waals surface area contributed by atoms with E-state index in [9.17, 15) is 0 Å². The first-order chi connectivity index (χ1) is 6.43. The SMILES string of the molecule is C1CC[C](C2CC3CCC2O3)CC1. The lowest BCUT2D eigenvalue weighted by Gasteiger charge is -2.30. The van der Waals surface area contributed by atoms with Gasteiger partial charge in [-0.3, -0.25) is 0 Å². The molecule has 0 N–H and O–H groups in total. The van der Waals surface area contributed by atoms with E-state index in [1.165, 1.54) is 51.4 Å². The summed E-state index contributed by atoms with van der Waals surface area (Å²) in [5.74, 6) is 2.73. The van der Waals surface area contributed by atoms with E-state index < -0.39 is 0 Å². The zero-order valence-corrected chi connectivity index (χ0v) is 8.30. The van der Waals surface area contributed by atoms with E-state index >= 15 is 0 Å². The first-order valence-electron chi connectivity index (χ1n) is 5.93. The van der Waals surface area contributed by atoms with Crippen LogP contribution < -0.4 is 0 Å². The molecule has 73 valence electrons. The Bertz CT molecular complexity index is 184. The number of rotatable bonds is 1. The van der Waals surface area contributed by atoms with Crippen molar-refractivity contribution >= 4 is 0 Å². The van der Waals surface area contributed by atoms with Crippen LogP contribution in [-0.4, -0.2) is 12.2 Å². The molecule has 0 aromatic rings. The van der Waals surface area contributed by atoms with Gasteiger partial charge in [0.1, 0.15) is 0 Å². The fourth-order valence-corrected chi connectivity index (χ4v) is 3.44. The highest BCUT2D eigenvalue weighted by Gasteiger charge is 2.44. The molecular weight excluding hydrogens is 160 g/mol. The molecule has 0 aromatic carbocycles. The van der Waals surface area contributed by atoms with Gasteiger partial charge in [0, 0.05) is 0 Å². The van der Waals surface area contributed by atoms with E-state index in [-0.39, 0.29) is 0 Å². The third-order valence-electron chi connectivity index (χ3n) is 4.13. The molecule has 2 saturated heterocycles. The predicted molar refractivity (Wildman–Crippen MR) is 52.3 cm³/mol. The molecule has 2 heterocycles. The van der Waals surface area contributed by atoms with Crippen molar-refractivity contribution in [1.82, 2.24) is 0 Å². The topological polar surface area (TPSA) is 9.23 Å². The van der Waals surface area contributed by atoms with Crippen LogP contribution in [0, 0.1) is 11.8 Å². The van der Waals surface area contributed by atoms with Gasteiger partial charge in [0.15, 0.2) is 0 Å². The molecule has 2 bridgehead atoms. The first kappa shape index (κ1) is 8.28. The summed E-state index contributed by atoms with van der Waals surface area (Å²) >= 11 is 0. The molecule has 3 rings (SSSR count). The number of hydrogen-bond donors (Lipinski definition) is 0. The molecule has 1 heteroatoms. The second-order valence-corrected chi connectivity index (χ2v) is 4.93. The Hall–Kier alpha value is -0.0400. The van der Waals surface area contributed by atoms with E-state index in [4.69, 9.17) is 4.74 Å². The van der Waals surface area contributed by atoms with Crippen molar-refractivity contribution in [2.75, 3.05) is 0 Å². The van der Waals surface area contributed by atoms with Crippen molar-refractivity contribution < 1.29 is 4.74 Å². The number of hydrogen-bond acceptors (Lipinski definition) is 1. The molecule has 3 atom stereocenters. The summed E-state index contributed by atoms with van der Waals surface area (Å²) in [4.78, 5) is 0. The van der Waals surface area contributed by atoms with Crippen molar-refractivity contribution in [2.45, 2.75) is 63.6 Å². The molecule has 1 radical (unpaired) electrons. The Labute approximate surface area is 80.8 Å². The second-order valence-electron chi connectivity index (χ2n) is 4.93. The maximum atomic E-state index is 5.92. The van der Waals surface area contributed by atoms with Gasteiger partial charge in [-0.15, -0.1) is 0 Å². The summed E-state index contributed by atoms with van der Waals surface area (Å²) in [6.45, 7) is 0. The van der Waals surface area contributed by atoms with Crippen LogP contribution in [0.4, 0.5) is 0 Å². The molecule has 3 aliphatic rings. The Morgan fingerprint density at radius 1 is 1.00 bits per heavy atom. The van der Waals surface area contributed by atoms with Crippen molar-refractivity contribution in [2.24, 2.45) is 5.92 Å². The summed E-state index contributed by atoms with van der Waals surface area (Å²) in [6.07, 6.45) is 12.5. The molecule has 0 amide bonds. The molecule has 0 spiro atoms. The predicted octanol–water partition coefficient (Wildman–Crippen LogP) is 3.09. The monoisotopic (exact) mass is 179 g/mol. The lowest BCUT2D eigenvalue weighted by Crippen LogP contribution is -2.25. The third kappa shape index (κ3) is 1.41. The highest BCUT2D eigenvalue weighted by Crippen LogP contribution is 2.47. The summed E-state index contributed by atoms with van der Waals surface area (Å²) in [5, 5.41) is 0. The minimum atomic E-state index is 0.637. The minimum Gasteiger partial charge on any atom is -0.375 e. The summed E-state index contributed by atoms with van der Waals surface area (Å²) < 4.78 is 5.92. The number of fused-ring (bicyclic) bond motifs is 2. The zero-order valence-electron chi connectivity index (χ0n) is 8.30. The van der Waals surface area contributed by atoms with Crippen LogP contribution in [-0.2, 0) is 4.74 Å². The lowest BCUT2D eigenvalue weighted by atomic mass is 9.73. The Balaban J connectivity index is 1.65. The Kier molecular flexibility index (Phi) is 2.08. The van der Waals surface area contributed by atoms with Crippen LogP contribution >= 0.6 is 0 Å². The average Bonchev–Trinajstić information content (AvgIpc) is 2.80. The van der Waals surface area contributed by atoms with Crippen molar-refractivity contribution in [3.63, 3.8) is 0 Å². The van der Waals surface area contributed by atoms with Gasteiger partial charge in [-0.2, -0.15) is 0 Å². The van der Waals surface area contributed by atoms with Crippen molar-refractivity contribution in [3.05, 3.63) is 5.92 Å². The van der Waals surface area contributed by atoms with E-state index in [0.29, 0.717) is 12.2 Å². The molecule has 2 aliphatic heterocycles. The van der Waals surface area contributed by atoms with Gasteiger partial charge in [-0.05, 0) is 43.9 Å². The third-order valence-corrected chi connectivity index (χ3v) is 4.13. The zero-order chi connectivity index (χ0) is 8.67. The highest BCUT2D eigenvalue weighted by atomic mass is 16.5. The van der Waals surface area contributed by atoms with Crippen molar-refractivity contribution in [3.8, 4) is 0 Å². The van der Waals surface area contributed by atoms with Crippen LogP contribution in [0.5, 0.6) is 0 Å². The molecular formula is C12H19O. The van der Waals surface area contributed by atoms with Crippen LogP contribution in [0.2, 0.25) is 0 Å². The van der Waals surface area contributed by atoms with Crippen LogP contribution in [0.3, 0.4) is 0 Å². The number of ether oxygens (including phenoxy) is 1. The Morgan fingerprint density at radius 2 is 1.85 bits per heavy atom. The Morgan fingerprint density at radius 3 is 2.46 bits per heavy atom. The van der Waals surface area contributed by atoms with E-state index in [1.807, 2.05) is 5.92 Å². The molecule has 1 aliphatic carbocycles. The van der Waals surface area contributed by atoms with Gasteiger partial charge in [-0.1, -0.05) is 19.3 Å². The van der Waals surface area contributed by atoms with E-state index in [2.05, 4.69) is 0 Å².